The number of benzene rings is 1. The average Bonchev–Trinajstić information content (AvgIpc) is 2.17. The van der Waals surface area contributed by atoms with Crippen molar-refractivity contribution in [3.8, 4) is 0 Å². The zero-order valence-electron chi connectivity index (χ0n) is 8.90. The monoisotopic (exact) mass is 208 g/mol. The Morgan fingerprint density at radius 3 is 2.33 bits per heavy atom. The van der Waals surface area contributed by atoms with Crippen molar-refractivity contribution >= 4 is 11.6 Å². The molecule has 0 aliphatic rings. The Balaban J connectivity index is 2.76. The van der Waals surface area contributed by atoms with Crippen molar-refractivity contribution in [3.63, 3.8) is 0 Å². The Morgan fingerprint density at radius 1 is 1.40 bits per heavy atom. The quantitative estimate of drug-likeness (QED) is 0.694. The average molecular weight is 208 g/mol. The third kappa shape index (κ3) is 3.34. The van der Waals surface area contributed by atoms with E-state index >= 15 is 0 Å². The summed E-state index contributed by atoms with van der Waals surface area (Å²) in [7, 11) is 0. The predicted molar refractivity (Wildman–Crippen MR) is 59.4 cm³/mol. The molecule has 0 heterocycles. The number of hydrogen-bond acceptors (Lipinski definition) is 3. The van der Waals surface area contributed by atoms with Crippen LogP contribution in [-0.4, -0.2) is 17.1 Å². The van der Waals surface area contributed by atoms with Gasteiger partial charge in [-0.15, -0.1) is 0 Å². The Morgan fingerprint density at radius 2 is 1.93 bits per heavy atom. The van der Waals surface area contributed by atoms with E-state index in [0.29, 0.717) is 5.69 Å². The molecule has 0 aliphatic heterocycles. The smallest absolute Gasteiger partial charge is 0.221 e. The number of carbonyl (C=O) groups excluding carboxylic acids is 1. The number of amides is 1. The molecular weight excluding hydrogens is 192 g/mol. The maximum atomic E-state index is 10.8. The number of carbonyl (C=O) groups is 1. The normalized spacial score (nSPS) is 14.4. The number of aliphatic hydroxyl groups is 1. The van der Waals surface area contributed by atoms with E-state index < -0.39 is 6.10 Å². The molecule has 4 heteroatoms. The lowest BCUT2D eigenvalue weighted by molar-refractivity contribution is -0.114. The van der Waals surface area contributed by atoms with Gasteiger partial charge in [-0.25, -0.2) is 0 Å². The highest BCUT2D eigenvalue weighted by atomic mass is 16.3. The summed E-state index contributed by atoms with van der Waals surface area (Å²) >= 11 is 0. The van der Waals surface area contributed by atoms with Gasteiger partial charge in [0, 0.05) is 18.7 Å². The number of hydrogen-bond donors (Lipinski definition) is 3. The van der Waals surface area contributed by atoms with Gasteiger partial charge in [-0.1, -0.05) is 12.1 Å². The third-order valence-corrected chi connectivity index (χ3v) is 2.07. The first-order valence-corrected chi connectivity index (χ1v) is 4.82. The number of nitrogens with two attached hydrogens (primary N) is 1. The first-order valence-electron chi connectivity index (χ1n) is 4.82. The molecule has 2 atom stereocenters. The van der Waals surface area contributed by atoms with Crippen LogP contribution in [0.4, 0.5) is 5.69 Å². The fourth-order valence-electron chi connectivity index (χ4n) is 1.27. The lowest BCUT2D eigenvalue weighted by Gasteiger charge is -2.15. The molecule has 1 rings (SSSR count). The molecule has 0 aliphatic carbocycles. The van der Waals surface area contributed by atoms with E-state index in [1.165, 1.54) is 6.92 Å². The van der Waals surface area contributed by atoms with Gasteiger partial charge in [0.1, 0.15) is 0 Å². The van der Waals surface area contributed by atoms with Crippen LogP contribution in [0.5, 0.6) is 0 Å². The minimum absolute atomic E-state index is 0.115. The molecular formula is C11H16N2O2. The second kappa shape index (κ2) is 4.91. The molecule has 4 nitrogen and oxygen atoms in total. The third-order valence-electron chi connectivity index (χ3n) is 2.07. The summed E-state index contributed by atoms with van der Waals surface area (Å²) in [4.78, 5) is 10.8. The van der Waals surface area contributed by atoms with E-state index in [4.69, 9.17) is 5.73 Å². The lowest BCUT2D eigenvalue weighted by atomic mass is 10.0. The first-order chi connectivity index (χ1) is 7.00. The number of nitrogens with one attached hydrogen (secondary N) is 1. The van der Waals surface area contributed by atoms with Crippen LogP contribution in [0.3, 0.4) is 0 Å². The first kappa shape index (κ1) is 11.7. The van der Waals surface area contributed by atoms with Crippen LogP contribution in [0.25, 0.3) is 0 Å². The molecule has 1 aromatic carbocycles. The molecule has 0 aromatic heterocycles. The number of anilines is 1. The number of rotatable bonds is 3. The van der Waals surface area contributed by atoms with Crippen LogP contribution >= 0.6 is 0 Å². The minimum Gasteiger partial charge on any atom is -0.387 e. The Hall–Kier alpha value is -1.39. The van der Waals surface area contributed by atoms with E-state index in [9.17, 15) is 9.90 Å². The highest BCUT2D eigenvalue weighted by Crippen LogP contribution is 2.18. The van der Waals surface area contributed by atoms with Crippen LogP contribution in [0.2, 0.25) is 0 Å². The molecule has 82 valence electrons. The molecule has 1 aromatic rings. The minimum atomic E-state index is -0.670. The predicted octanol–water partition coefficient (Wildman–Crippen LogP) is 1.03. The Kier molecular flexibility index (Phi) is 3.82. The molecule has 0 fully saturated rings. The van der Waals surface area contributed by atoms with Gasteiger partial charge in [0.05, 0.1) is 6.10 Å². The van der Waals surface area contributed by atoms with Crippen LogP contribution < -0.4 is 11.1 Å². The molecule has 0 saturated heterocycles. The summed E-state index contributed by atoms with van der Waals surface area (Å²) in [5.74, 6) is -0.115. The highest BCUT2D eigenvalue weighted by molar-refractivity contribution is 5.88. The molecule has 1 amide bonds. The van der Waals surface area contributed by atoms with Gasteiger partial charge in [0.25, 0.3) is 0 Å². The van der Waals surface area contributed by atoms with Crippen LogP contribution in [-0.2, 0) is 4.79 Å². The van der Waals surface area contributed by atoms with Gasteiger partial charge in [0.2, 0.25) is 5.91 Å². The van der Waals surface area contributed by atoms with Crippen molar-refractivity contribution in [1.82, 2.24) is 0 Å². The van der Waals surface area contributed by atoms with Gasteiger partial charge in [-0.2, -0.15) is 0 Å². The zero-order chi connectivity index (χ0) is 11.4. The largest absolute Gasteiger partial charge is 0.387 e. The van der Waals surface area contributed by atoms with E-state index in [-0.39, 0.29) is 11.9 Å². The van der Waals surface area contributed by atoms with Gasteiger partial charge < -0.3 is 16.2 Å². The van der Waals surface area contributed by atoms with Crippen LogP contribution in [0.1, 0.15) is 25.5 Å². The molecule has 2 unspecified atom stereocenters. The second-order valence-corrected chi connectivity index (χ2v) is 3.61. The Labute approximate surface area is 89.1 Å². The summed E-state index contributed by atoms with van der Waals surface area (Å²) in [6.07, 6.45) is -0.670. The fourth-order valence-corrected chi connectivity index (χ4v) is 1.27. The van der Waals surface area contributed by atoms with Crippen molar-refractivity contribution in [1.29, 1.82) is 0 Å². The summed E-state index contributed by atoms with van der Waals surface area (Å²) in [5.41, 5.74) is 7.03. The Bertz CT molecular complexity index is 333. The van der Waals surface area contributed by atoms with Gasteiger partial charge in [0.15, 0.2) is 0 Å². The van der Waals surface area contributed by atoms with Crippen molar-refractivity contribution in [3.05, 3.63) is 29.8 Å². The maximum absolute atomic E-state index is 10.8. The topological polar surface area (TPSA) is 75.3 Å². The highest BCUT2D eigenvalue weighted by Gasteiger charge is 2.11. The van der Waals surface area contributed by atoms with Crippen molar-refractivity contribution in [2.75, 3.05) is 5.32 Å². The summed E-state index contributed by atoms with van der Waals surface area (Å²) in [6.45, 7) is 3.19. The SMILES string of the molecule is CC(=O)Nc1ccc(C(O)C(C)N)cc1. The van der Waals surface area contributed by atoms with Crippen molar-refractivity contribution < 1.29 is 9.90 Å². The fraction of sp³-hybridized carbons (Fsp3) is 0.364. The van der Waals surface area contributed by atoms with Crippen LogP contribution in [0, 0.1) is 0 Å². The second-order valence-electron chi connectivity index (χ2n) is 3.61. The van der Waals surface area contributed by atoms with Gasteiger partial charge in [-0.3, -0.25) is 4.79 Å². The van der Waals surface area contributed by atoms with E-state index in [2.05, 4.69) is 5.32 Å². The van der Waals surface area contributed by atoms with E-state index in [1.807, 2.05) is 0 Å². The summed E-state index contributed by atoms with van der Waals surface area (Å²) < 4.78 is 0. The zero-order valence-corrected chi connectivity index (χ0v) is 8.90. The maximum Gasteiger partial charge on any atom is 0.221 e. The van der Waals surface area contributed by atoms with Gasteiger partial charge >= 0.3 is 0 Å². The summed E-state index contributed by atoms with van der Waals surface area (Å²) in [5, 5.41) is 12.3. The molecule has 0 saturated carbocycles. The lowest BCUT2D eigenvalue weighted by Crippen LogP contribution is -2.24. The van der Waals surface area contributed by atoms with Crippen LogP contribution in [0.15, 0.2) is 24.3 Å². The summed E-state index contributed by atoms with van der Waals surface area (Å²) in [6, 6.07) is 6.67. The molecule has 0 spiro atoms. The molecule has 4 N–H and O–H groups in total. The van der Waals surface area contributed by atoms with Gasteiger partial charge in [-0.05, 0) is 24.6 Å². The molecule has 0 radical (unpaired) electrons. The molecule has 15 heavy (non-hydrogen) atoms. The van der Waals surface area contributed by atoms with E-state index in [0.717, 1.165) is 5.56 Å². The van der Waals surface area contributed by atoms with Crippen molar-refractivity contribution in [2.24, 2.45) is 5.73 Å². The standard InChI is InChI=1S/C11H16N2O2/c1-7(12)11(15)9-3-5-10(6-4-9)13-8(2)14/h3-7,11,15H,12H2,1-2H3,(H,13,14). The molecule has 0 bridgehead atoms. The number of aliphatic hydroxyl groups excluding tert-OH is 1. The van der Waals surface area contributed by atoms with Crippen molar-refractivity contribution in [2.45, 2.75) is 26.0 Å². The van der Waals surface area contributed by atoms with E-state index in [1.54, 1.807) is 31.2 Å².